The summed E-state index contributed by atoms with van der Waals surface area (Å²) < 4.78 is 25.5. The van der Waals surface area contributed by atoms with Gasteiger partial charge in [0, 0.05) is 22.2 Å². The minimum atomic E-state index is -3.64. The fraction of sp³-hybridized carbons (Fsp3) is 0.278. The molecule has 0 radical (unpaired) electrons. The van der Waals surface area contributed by atoms with Crippen LogP contribution in [0.4, 0.5) is 5.69 Å². The van der Waals surface area contributed by atoms with E-state index in [0.717, 1.165) is 15.5 Å². The SMILES string of the molecule is C[C@@H](C(=O)NCCSc1ccccc1)N(c1cccc(Cl)c1)S(C)(=O)=O. The maximum Gasteiger partial charge on any atom is 0.243 e. The van der Waals surface area contributed by atoms with Gasteiger partial charge in [-0.25, -0.2) is 8.42 Å². The van der Waals surface area contributed by atoms with Crippen LogP contribution in [0.15, 0.2) is 59.5 Å². The van der Waals surface area contributed by atoms with E-state index in [0.29, 0.717) is 23.0 Å². The van der Waals surface area contributed by atoms with Crippen LogP contribution in [0.5, 0.6) is 0 Å². The molecular formula is C18H21ClN2O3S2. The molecule has 1 amide bonds. The normalized spacial score (nSPS) is 12.4. The number of nitrogens with zero attached hydrogens (tertiary/aromatic N) is 1. The number of thioether (sulfide) groups is 1. The number of nitrogens with one attached hydrogen (secondary N) is 1. The summed E-state index contributed by atoms with van der Waals surface area (Å²) in [6, 6.07) is 15.4. The van der Waals surface area contributed by atoms with E-state index in [1.54, 1.807) is 36.9 Å². The smallest absolute Gasteiger partial charge is 0.243 e. The van der Waals surface area contributed by atoms with Gasteiger partial charge in [0.1, 0.15) is 6.04 Å². The van der Waals surface area contributed by atoms with E-state index in [1.165, 1.54) is 6.07 Å². The number of carbonyl (C=O) groups excluding carboxylic acids is 1. The van der Waals surface area contributed by atoms with Gasteiger partial charge in [-0.3, -0.25) is 9.10 Å². The molecule has 0 bridgehead atoms. The first kappa shape index (κ1) is 20.6. The van der Waals surface area contributed by atoms with Gasteiger partial charge in [0.15, 0.2) is 0 Å². The molecule has 0 spiro atoms. The van der Waals surface area contributed by atoms with Gasteiger partial charge in [-0.15, -0.1) is 11.8 Å². The summed E-state index contributed by atoms with van der Waals surface area (Å²) >= 11 is 7.58. The van der Waals surface area contributed by atoms with Gasteiger partial charge in [0.25, 0.3) is 0 Å². The summed E-state index contributed by atoms with van der Waals surface area (Å²) in [5.41, 5.74) is 0.362. The van der Waals surface area contributed by atoms with E-state index in [-0.39, 0.29) is 5.91 Å². The summed E-state index contributed by atoms with van der Waals surface area (Å²) in [5, 5.41) is 3.20. The van der Waals surface area contributed by atoms with Crippen molar-refractivity contribution in [2.24, 2.45) is 0 Å². The Morgan fingerprint density at radius 3 is 2.50 bits per heavy atom. The van der Waals surface area contributed by atoms with E-state index in [4.69, 9.17) is 11.6 Å². The maximum absolute atomic E-state index is 12.4. The van der Waals surface area contributed by atoms with Crippen LogP contribution in [0.3, 0.4) is 0 Å². The molecule has 0 aliphatic carbocycles. The largest absolute Gasteiger partial charge is 0.353 e. The lowest BCUT2D eigenvalue weighted by Crippen LogP contribution is -2.48. The van der Waals surface area contributed by atoms with Crippen molar-refractivity contribution in [2.75, 3.05) is 22.9 Å². The molecule has 0 saturated carbocycles. The fourth-order valence-corrected chi connectivity index (χ4v) is 4.57. The first-order chi connectivity index (χ1) is 12.3. The molecule has 2 rings (SSSR count). The Morgan fingerprint density at radius 2 is 1.88 bits per heavy atom. The summed E-state index contributed by atoms with van der Waals surface area (Å²) in [7, 11) is -3.64. The Hall–Kier alpha value is -1.70. The molecule has 0 fully saturated rings. The number of benzene rings is 2. The first-order valence-electron chi connectivity index (χ1n) is 7.99. The topological polar surface area (TPSA) is 66.5 Å². The molecule has 5 nitrogen and oxygen atoms in total. The number of carbonyl (C=O) groups is 1. The molecule has 0 aromatic heterocycles. The van der Waals surface area contributed by atoms with E-state index >= 15 is 0 Å². The molecule has 26 heavy (non-hydrogen) atoms. The van der Waals surface area contributed by atoms with Gasteiger partial charge >= 0.3 is 0 Å². The highest BCUT2D eigenvalue weighted by molar-refractivity contribution is 7.99. The molecular weight excluding hydrogens is 392 g/mol. The predicted molar refractivity (Wildman–Crippen MR) is 108 cm³/mol. The van der Waals surface area contributed by atoms with Gasteiger partial charge in [0.2, 0.25) is 15.9 Å². The number of anilines is 1. The van der Waals surface area contributed by atoms with Crippen LogP contribution < -0.4 is 9.62 Å². The lowest BCUT2D eigenvalue weighted by Gasteiger charge is -2.28. The maximum atomic E-state index is 12.4. The highest BCUT2D eigenvalue weighted by Crippen LogP contribution is 2.24. The second-order valence-corrected chi connectivity index (χ2v) is 9.13. The van der Waals surface area contributed by atoms with Crippen molar-refractivity contribution in [3.05, 3.63) is 59.6 Å². The molecule has 1 atom stereocenters. The number of rotatable bonds is 8. The standard InChI is InChI=1S/C18H21ClN2O3S2/c1-14(18(22)20-11-12-25-17-9-4-3-5-10-17)21(26(2,23)24)16-8-6-7-15(19)13-16/h3-10,13-14H,11-12H2,1-2H3,(H,20,22)/t14-/m0/s1. The molecule has 0 unspecified atom stereocenters. The lowest BCUT2D eigenvalue weighted by molar-refractivity contribution is -0.121. The monoisotopic (exact) mass is 412 g/mol. The molecule has 0 heterocycles. The molecule has 140 valence electrons. The van der Waals surface area contributed by atoms with E-state index < -0.39 is 16.1 Å². The van der Waals surface area contributed by atoms with E-state index in [1.807, 2.05) is 30.3 Å². The van der Waals surface area contributed by atoms with Crippen LogP contribution in [0.25, 0.3) is 0 Å². The predicted octanol–water partition coefficient (Wildman–Crippen LogP) is 3.40. The average molecular weight is 413 g/mol. The third-order valence-corrected chi connectivity index (χ3v) is 6.05. The highest BCUT2D eigenvalue weighted by atomic mass is 35.5. The van der Waals surface area contributed by atoms with Gasteiger partial charge in [-0.05, 0) is 37.3 Å². The van der Waals surface area contributed by atoms with Crippen molar-refractivity contribution in [3.63, 3.8) is 0 Å². The average Bonchev–Trinajstić information content (AvgIpc) is 2.58. The third kappa shape index (κ3) is 5.93. The van der Waals surface area contributed by atoms with Gasteiger partial charge in [0.05, 0.1) is 11.9 Å². The Balaban J connectivity index is 1.99. The molecule has 0 aliphatic heterocycles. The van der Waals surface area contributed by atoms with E-state index in [2.05, 4.69) is 5.32 Å². The van der Waals surface area contributed by atoms with E-state index in [9.17, 15) is 13.2 Å². The summed E-state index contributed by atoms with van der Waals surface area (Å²) in [6.45, 7) is 2.00. The molecule has 0 saturated heterocycles. The zero-order valence-electron chi connectivity index (χ0n) is 14.6. The number of halogens is 1. The van der Waals surface area contributed by atoms with Crippen molar-refractivity contribution in [3.8, 4) is 0 Å². The van der Waals surface area contributed by atoms with Crippen molar-refractivity contribution in [1.29, 1.82) is 0 Å². The Bertz CT molecular complexity index is 845. The number of hydrogen-bond acceptors (Lipinski definition) is 4. The quantitative estimate of drug-likeness (QED) is 0.533. The second-order valence-electron chi connectivity index (χ2n) is 5.67. The van der Waals surface area contributed by atoms with Crippen LogP contribution in [0.2, 0.25) is 5.02 Å². The second kappa shape index (κ2) is 9.30. The van der Waals surface area contributed by atoms with Crippen LogP contribution >= 0.6 is 23.4 Å². The van der Waals surface area contributed by atoms with Crippen LogP contribution in [-0.2, 0) is 14.8 Å². The van der Waals surface area contributed by atoms with Crippen molar-refractivity contribution in [2.45, 2.75) is 17.9 Å². The van der Waals surface area contributed by atoms with Crippen molar-refractivity contribution in [1.82, 2.24) is 5.32 Å². The minimum Gasteiger partial charge on any atom is -0.353 e. The zero-order chi connectivity index (χ0) is 19.2. The summed E-state index contributed by atoms with van der Waals surface area (Å²) in [4.78, 5) is 13.6. The molecule has 0 aliphatic rings. The van der Waals surface area contributed by atoms with Crippen LogP contribution in [0.1, 0.15) is 6.92 Å². The Labute approximate surface area is 163 Å². The van der Waals surface area contributed by atoms with Gasteiger partial charge < -0.3 is 5.32 Å². The van der Waals surface area contributed by atoms with Crippen molar-refractivity contribution < 1.29 is 13.2 Å². The fourth-order valence-electron chi connectivity index (χ4n) is 2.43. The molecule has 8 heteroatoms. The minimum absolute atomic E-state index is 0.357. The molecule has 2 aromatic carbocycles. The lowest BCUT2D eigenvalue weighted by atomic mass is 10.2. The summed E-state index contributed by atoms with van der Waals surface area (Å²) in [6.07, 6.45) is 1.07. The van der Waals surface area contributed by atoms with Crippen LogP contribution in [-0.4, -0.2) is 38.9 Å². The van der Waals surface area contributed by atoms with Gasteiger partial charge in [-0.2, -0.15) is 0 Å². The van der Waals surface area contributed by atoms with Crippen molar-refractivity contribution >= 4 is 45.0 Å². The Kier molecular flexibility index (Phi) is 7.37. The van der Waals surface area contributed by atoms with Crippen LogP contribution in [0, 0.1) is 0 Å². The first-order valence-corrected chi connectivity index (χ1v) is 11.2. The molecule has 1 N–H and O–H groups in total. The zero-order valence-corrected chi connectivity index (χ0v) is 16.9. The molecule has 2 aromatic rings. The number of sulfonamides is 1. The Morgan fingerprint density at radius 1 is 1.19 bits per heavy atom. The van der Waals surface area contributed by atoms with Gasteiger partial charge in [-0.1, -0.05) is 35.9 Å². The number of hydrogen-bond donors (Lipinski definition) is 1. The number of amides is 1. The summed E-state index contributed by atoms with van der Waals surface area (Å²) in [5.74, 6) is 0.336. The highest BCUT2D eigenvalue weighted by Gasteiger charge is 2.28. The third-order valence-electron chi connectivity index (χ3n) is 3.56.